The fourth-order valence-electron chi connectivity index (χ4n) is 23.4. The second-order valence-corrected chi connectivity index (χ2v) is 40.4. The Bertz CT molecular complexity index is 7470. The van der Waals surface area contributed by atoms with Gasteiger partial charge in [0.05, 0.1) is 0 Å². The van der Waals surface area contributed by atoms with Gasteiger partial charge in [-0.2, -0.15) is 0 Å². The van der Waals surface area contributed by atoms with Crippen molar-refractivity contribution in [1.29, 1.82) is 0 Å². The lowest BCUT2D eigenvalue weighted by molar-refractivity contribution is 0.656. The summed E-state index contributed by atoms with van der Waals surface area (Å²) in [5, 5.41) is 0. The maximum atomic E-state index is 2.35. The van der Waals surface area contributed by atoms with Crippen LogP contribution in [0.3, 0.4) is 0 Å². The minimum Gasteiger partial charge on any atom is -0.0622 e. The summed E-state index contributed by atoms with van der Waals surface area (Å²) >= 11 is 0. The molecule has 0 saturated carbocycles. The molecule has 0 nitrogen and oxygen atoms in total. The Morgan fingerprint density at radius 1 is 0.129 bits per heavy atom. The summed E-state index contributed by atoms with van der Waals surface area (Å²) in [7, 11) is 0. The van der Waals surface area contributed by atoms with E-state index in [1.807, 2.05) is 0 Å². The van der Waals surface area contributed by atoms with Crippen LogP contribution in [-0.2, 0) is 32.5 Å². The van der Waals surface area contributed by atoms with E-state index in [9.17, 15) is 0 Å². The first-order valence-corrected chi connectivity index (χ1v) is 47.4. The average molecular weight is 1710 g/mol. The third-order valence-corrected chi connectivity index (χ3v) is 29.8. The van der Waals surface area contributed by atoms with Crippen LogP contribution in [0.4, 0.5) is 0 Å². The fraction of sp³-hybridized carbons (Fsp3) is 0.182. The molecule has 0 heteroatoms. The van der Waals surface area contributed by atoms with Gasteiger partial charge in [-0.25, -0.2) is 0 Å². The minimum absolute atomic E-state index is 0.0448. The van der Waals surface area contributed by atoms with E-state index in [0.717, 1.165) is 0 Å². The predicted molar refractivity (Wildman–Crippen MR) is 565 cm³/mol. The van der Waals surface area contributed by atoms with Gasteiger partial charge in [0.25, 0.3) is 0 Å². The molecule has 24 rings (SSSR count). The van der Waals surface area contributed by atoms with Gasteiger partial charge >= 0.3 is 0 Å². The quantitative estimate of drug-likeness (QED) is 0.156. The maximum Gasteiger partial charge on any atom is 0.0165 e. The second-order valence-electron chi connectivity index (χ2n) is 40.4. The SMILES string of the molecule is Cc1ccc(-c2cccc3c2C(C)(C)c2ccccc2-3)cc1.Cc1ccc(-c2ccccc2)c2c1-c1ccccc1C2(C)C.Cc1ccc(-c2ccccc2)c2c1C(C)(C)c1ccccc1-2.Cc1cccc(-c2cccc3c2-c2ccccc2C3(C)C)c1.Cc1cccc(-c2cccc3c2C(C)(C)c2ccccc2-3)c1.Cc1ccccc1-c1cccc2c1-c1ccccc1C2(C)C. The summed E-state index contributed by atoms with van der Waals surface area (Å²) in [6, 6.07) is 146. The summed E-state index contributed by atoms with van der Waals surface area (Å²) < 4.78 is 0. The topological polar surface area (TPSA) is 0 Å². The second kappa shape index (κ2) is 34.4. The Morgan fingerprint density at radius 3 is 0.886 bits per heavy atom. The lowest BCUT2D eigenvalue weighted by Gasteiger charge is -2.25. The number of hydrogen-bond donors (Lipinski definition) is 0. The molecule has 0 aliphatic heterocycles. The van der Waals surface area contributed by atoms with Crippen LogP contribution >= 0.6 is 0 Å². The molecular weight excluding hydrogens is 1590 g/mol. The first-order chi connectivity index (χ1) is 63.6. The van der Waals surface area contributed by atoms with Crippen LogP contribution in [0.2, 0.25) is 0 Å². The summed E-state index contributed by atoms with van der Waals surface area (Å²) in [6.45, 7) is 41.2. The molecule has 0 N–H and O–H groups in total. The molecule has 0 fully saturated rings. The van der Waals surface area contributed by atoms with Crippen LogP contribution in [0.5, 0.6) is 0 Å². The van der Waals surface area contributed by atoms with Crippen molar-refractivity contribution >= 4 is 0 Å². The molecule has 0 bridgehead atoms. The average Bonchev–Trinajstić information content (AvgIpc) is 1.56. The molecule has 0 aromatic heterocycles. The molecule has 18 aromatic rings. The molecule has 18 aromatic carbocycles. The van der Waals surface area contributed by atoms with Crippen molar-refractivity contribution < 1.29 is 0 Å². The molecule has 132 heavy (non-hydrogen) atoms. The molecule has 0 heterocycles. The zero-order valence-electron chi connectivity index (χ0n) is 80.1. The van der Waals surface area contributed by atoms with E-state index in [1.165, 1.54) is 234 Å². The number of rotatable bonds is 6. The molecule has 0 saturated heterocycles. The maximum absolute atomic E-state index is 2.35. The monoisotopic (exact) mass is 1700 g/mol. The van der Waals surface area contributed by atoms with E-state index >= 15 is 0 Å². The van der Waals surface area contributed by atoms with Crippen molar-refractivity contribution in [2.75, 3.05) is 0 Å². The number of fused-ring (bicyclic) bond motifs is 18. The van der Waals surface area contributed by atoms with Crippen molar-refractivity contribution in [1.82, 2.24) is 0 Å². The lowest BCUT2D eigenvalue weighted by atomic mass is 9.78. The van der Waals surface area contributed by atoms with E-state index in [2.05, 4.69) is 525 Å². The summed E-state index contributed by atoms with van der Waals surface area (Å²) in [5.74, 6) is 0. The molecule has 6 aliphatic carbocycles. The number of benzene rings is 18. The highest BCUT2D eigenvalue weighted by molar-refractivity contribution is 5.98. The molecule has 6 aliphatic rings. The Morgan fingerprint density at radius 2 is 0.409 bits per heavy atom. The molecular formula is C132H120. The Balaban J connectivity index is 0.000000102. The number of hydrogen-bond acceptors (Lipinski definition) is 0. The van der Waals surface area contributed by atoms with Gasteiger partial charge in [-0.1, -0.05) is 500 Å². The molecule has 0 radical (unpaired) electrons. The smallest absolute Gasteiger partial charge is 0.0165 e. The highest BCUT2D eigenvalue weighted by atomic mass is 14.5. The zero-order chi connectivity index (χ0) is 91.9. The van der Waals surface area contributed by atoms with Gasteiger partial charge in [0, 0.05) is 32.5 Å². The summed E-state index contributed by atoms with van der Waals surface area (Å²) in [6.07, 6.45) is 0. The van der Waals surface area contributed by atoms with Crippen LogP contribution in [0.15, 0.2) is 400 Å². The van der Waals surface area contributed by atoms with Crippen LogP contribution < -0.4 is 0 Å². The third-order valence-electron chi connectivity index (χ3n) is 29.8. The zero-order valence-corrected chi connectivity index (χ0v) is 80.1. The van der Waals surface area contributed by atoms with Crippen LogP contribution in [-0.4, -0.2) is 0 Å². The van der Waals surface area contributed by atoms with E-state index in [-0.39, 0.29) is 32.5 Å². The first-order valence-electron chi connectivity index (χ1n) is 47.4. The van der Waals surface area contributed by atoms with Gasteiger partial charge in [0.15, 0.2) is 0 Å². The highest BCUT2D eigenvalue weighted by Gasteiger charge is 2.44. The van der Waals surface area contributed by atoms with Gasteiger partial charge in [0.2, 0.25) is 0 Å². The predicted octanol–water partition coefficient (Wildman–Crippen LogP) is 35.8. The lowest BCUT2D eigenvalue weighted by Crippen LogP contribution is -2.16. The van der Waals surface area contributed by atoms with Gasteiger partial charge in [-0.05, 0) is 259 Å². The summed E-state index contributed by atoms with van der Waals surface area (Å²) in [5.41, 5.74) is 58.6. The van der Waals surface area contributed by atoms with Crippen molar-refractivity contribution in [2.24, 2.45) is 0 Å². The molecule has 0 amide bonds. The molecule has 0 spiro atoms. The van der Waals surface area contributed by atoms with Gasteiger partial charge in [-0.15, -0.1) is 0 Å². The van der Waals surface area contributed by atoms with E-state index < -0.39 is 0 Å². The van der Waals surface area contributed by atoms with Crippen molar-refractivity contribution in [3.8, 4) is 134 Å². The highest BCUT2D eigenvalue weighted by Crippen LogP contribution is 2.60. The van der Waals surface area contributed by atoms with E-state index in [0.29, 0.717) is 0 Å². The number of aryl methyl sites for hydroxylation is 6. The summed E-state index contributed by atoms with van der Waals surface area (Å²) in [4.78, 5) is 0. The Hall–Kier alpha value is -14.0. The van der Waals surface area contributed by atoms with E-state index in [4.69, 9.17) is 0 Å². The van der Waals surface area contributed by atoms with Gasteiger partial charge < -0.3 is 0 Å². The third kappa shape index (κ3) is 15.1. The van der Waals surface area contributed by atoms with Gasteiger partial charge in [0.1, 0.15) is 0 Å². The molecule has 648 valence electrons. The van der Waals surface area contributed by atoms with Crippen LogP contribution in [0.1, 0.15) is 183 Å². The fourth-order valence-corrected chi connectivity index (χ4v) is 23.4. The van der Waals surface area contributed by atoms with Crippen molar-refractivity contribution in [3.63, 3.8) is 0 Å². The van der Waals surface area contributed by atoms with Crippen LogP contribution in [0, 0.1) is 41.5 Å². The minimum atomic E-state index is 0.0448. The Labute approximate surface area is 785 Å². The van der Waals surface area contributed by atoms with E-state index in [1.54, 1.807) is 0 Å². The van der Waals surface area contributed by atoms with Crippen molar-refractivity contribution in [2.45, 2.75) is 157 Å². The Kier molecular flexibility index (Phi) is 22.7. The van der Waals surface area contributed by atoms with Crippen molar-refractivity contribution in [3.05, 3.63) is 501 Å². The first kappa shape index (κ1) is 87.3. The normalized spacial score (nSPS) is 14.5. The molecule has 0 unspecified atom stereocenters. The standard InChI is InChI=1S/6C22H20/c1-15-8-6-9-16(14-15)17-11-7-12-19-18-10-4-5-13-20(18)22(2,3)21(17)19;1-15-8-6-9-16(14-15)17-11-7-13-20-21(17)18-10-4-5-12-19(18)22(20,2)3;1-15-9-4-5-10-16(15)17-12-8-14-20-21(17)18-11-6-7-13-19(18)22(20,2)3;1-15-11-13-16(14-12-15)17-8-6-9-19-18-7-4-5-10-20(18)22(2,3)21(17)19;1-15-13-14-17(16-9-5-4-6-10-16)20-18-11-7-8-12-19(18)22(2,3)21(15)20;1-15-13-14-17(16-9-5-4-6-10-16)21-20(15)18-11-7-8-12-19(18)22(21,2)3/h6*4-14H,1-3H3. The van der Waals surface area contributed by atoms with Gasteiger partial charge in [-0.3, -0.25) is 0 Å². The van der Waals surface area contributed by atoms with Crippen LogP contribution in [0.25, 0.3) is 134 Å². The molecule has 0 atom stereocenters. The largest absolute Gasteiger partial charge is 0.0622 e.